The first-order valence-electron chi connectivity index (χ1n) is 5.97. The van der Waals surface area contributed by atoms with Crippen molar-refractivity contribution in [3.05, 3.63) is 28.2 Å². The van der Waals surface area contributed by atoms with Crippen LogP contribution in [0.15, 0.2) is 18.2 Å². The Morgan fingerprint density at radius 1 is 1.40 bits per heavy atom. The highest BCUT2D eigenvalue weighted by Gasteiger charge is 2.24. The number of aliphatic hydroxyl groups is 1. The van der Waals surface area contributed by atoms with Crippen molar-refractivity contribution in [2.75, 3.05) is 18.4 Å². The molecule has 112 valence electrons. The topological polar surface area (TPSA) is 73.4 Å². The molecule has 1 fully saturated rings. The number of aliphatic hydroxyl groups excluding tert-OH is 1. The van der Waals surface area contributed by atoms with Crippen molar-refractivity contribution in [1.82, 2.24) is 10.6 Å². The van der Waals surface area contributed by atoms with Gasteiger partial charge in [0.2, 0.25) is 0 Å². The van der Waals surface area contributed by atoms with E-state index in [0.29, 0.717) is 28.7 Å². The molecule has 1 aliphatic rings. The predicted molar refractivity (Wildman–Crippen MR) is 83.1 cm³/mol. The van der Waals surface area contributed by atoms with Gasteiger partial charge in [-0.05, 0) is 31.2 Å². The van der Waals surface area contributed by atoms with Gasteiger partial charge in [-0.1, -0.05) is 23.2 Å². The third kappa shape index (κ3) is 4.68. The second-order valence-electron chi connectivity index (χ2n) is 4.39. The number of hydrogen-bond acceptors (Lipinski definition) is 3. The van der Waals surface area contributed by atoms with Gasteiger partial charge in [-0.2, -0.15) is 0 Å². The number of halogens is 3. The molecule has 0 bridgehead atoms. The van der Waals surface area contributed by atoms with Crippen LogP contribution < -0.4 is 16.0 Å². The first kappa shape index (κ1) is 17.3. The van der Waals surface area contributed by atoms with Gasteiger partial charge in [0.1, 0.15) is 0 Å². The summed E-state index contributed by atoms with van der Waals surface area (Å²) in [6.07, 6.45) is 0.0740. The van der Waals surface area contributed by atoms with Gasteiger partial charge in [0.15, 0.2) is 0 Å². The Balaban J connectivity index is 0.00000200. The Morgan fingerprint density at radius 2 is 2.15 bits per heavy atom. The maximum Gasteiger partial charge on any atom is 0.319 e. The Morgan fingerprint density at radius 3 is 2.85 bits per heavy atom. The second kappa shape index (κ2) is 7.90. The Kier molecular flexibility index (Phi) is 6.85. The van der Waals surface area contributed by atoms with Crippen LogP contribution in [0, 0.1) is 0 Å². The van der Waals surface area contributed by atoms with E-state index in [1.807, 2.05) is 0 Å². The van der Waals surface area contributed by atoms with Crippen molar-refractivity contribution in [2.45, 2.75) is 18.6 Å². The quantitative estimate of drug-likeness (QED) is 0.667. The van der Waals surface area contributed by atoms with Gasteiger partial charge in [0.05, 0.1) is 22.9 Å². The Bertz CT molecular complexity index is 473. The van der Waals surface area contributed by atoms with Crippen LogP contribution in [0.2, 0.25) is 10.0 Å². The largest absolute Gasteiger partial charge is 0.391 e. The van der Waals surface area contributed by atoms with Crippen molar-refractivity contribution < 1.29 is 9.90 Å². The lowest BCUT2D eigenvalue weighted by Crippen LogP contribution is -2.54. The molecule has 5 nitrogen and oxygen atoms in total. The average Bonchev–Trinajstić information content (AvgIpc) is 2.37. The van der Waals surface area contributed by atoms with Crippen LogP contribution >= 0.6 is 35.6 Å². The molecule has 2 rings (SSSR count). The summed E-state index contributed by atoms with van der Waals surface area (Å²) in [5.74, 6) is 0. The van der Waals surface area contributed by atoms with Gasteiger partial charge < -0.3 is 21.1 Å². The average molecular weight is 341 g/mol. The number of amides is 2. The lowest BCUT2D eigenvalue weighted by atomic mass is 10.0. The summed E-state index contributed by atoms with van der Waals surface area (Å²) in [6, 6.07) is 4.08. The maximum absolute atomic E-state index is 11.8. The number of benzene rings is 1. The molecule has 0 aliphatic carbocycles. The minimum Gasteiger partial charge on any atom is -0.391 e. The highest BCUT2D eigenvalue weighted by atomic mass is 35.5. The number of carbonyl (C=O) groups excluding carboxylic acids is 1. The van der Waals surface area contributed by atoms with E-state index in [1.165, 1.54) is 0 Å². The highest BCUT2D eigenvalue weighted by Crippen LogP contribution is 2.25. The lowest BCUT2D eigenvalue weighted by Gasteiger charge is -2.29. The van der Waals surface area contributed by atoms with Crippen molar-refractivity contribution in [3.63, 3.8) is 0 Å². The lowest BCUT2D eigenvalue weighted by molar-refractivity contribution is 0.103. The summed E-state index contributed by atoms with van der Waals surface area (Å²) in [4.78, 5) is 11.8. The van der Waals surface area contributed by atoms with E-state index < -0.39 is 12.1 Å². The van der Waals surface area contributed by atoms with Crippen molar-refractivity contribution in [2.24, 2.45) is 0 Å². The predicted octanol–water partition coefficient (Wildman–Crippen LogP) is 2.26. The number of nitrogens with one attached hydrogen (secondary N) is 3. The number of piperidine rings is 1. The molecule has 0 aromatic heterocycles. The van der Waals surface area contributed by atoms with Crippen molar-refractivity contribution >= 4 is 47.3 Å². The summed E-state index contributed by atoms with van der Waals surface area (Å²) in [5.41, 5.74) is 0.435. The Labute approximate surface area is 133 Å². The second-order valence-corrected chi connectivity index (χ2v) is 5.23. The van der Waals surface area contributed by atoms with E-state index in [1.54, 1.807) is 18.2 Å². The maximum atomic E-state index is 11.8. The molecule has 2 atom stereocenters. The zero-order valence-corrected chi connectivity index (χ0v) is 12.9. The number of rotatable bonds is 2. The normalized spacial score (nSPS) is 21.8. The molecule has 20 heavy (non-hydrogen) atoms. The van der Waals surface area contributed by atoms with Crippen LogP contribution in [0.1, 0.15) is 6.42 Å². The van der Waals surface area contributed by atoms with Crippen LogP contribution in [0.3, 0.4) is 0 Å². The first-order valence-corrected chi connectivity index (χ1v) is 6.73. The molecule has 1 aromatic rings. The van der Waals surface area contributed by atoms with Crippen LogP contribution in [-0.4, -0.2) is 36.4 Å². The molecule has 4 N–H and O–H groups in total. The molecular weight excluding hydrogens is 325 g/mol. The number of urea groups is 1. The van der Waals surface area contributed by atoms with Gasteiger partial charge in [-0.15, -0.1) is 12.4 Å². The zero-order valence-electron chi connectivity index (χ0n) is 10.5. The summed E-state index contributed by atoms with van der Waals surface area (Å²) < 4.78 is 0. The van der Waals surface area contributed by atoms with E-state index in [2.05, 4.69) is 16.0 Å². The summed E-state index contributed by atoms with van der Waals surface area (Å²) >= 11 is 11.8. The molecule has 1 heterocycles. The molecule has 1 aliphatic heterocycles. The molecule has 0 saturated carbocycles. The molecule has 0 spiro atoms. The highest BCUT2D eigenvalue weighted by molar-refractivity contribution is 6.35. The minimum absolute atomic E-state index is 0. The minimum atomic E-state index is -0.540. The van der Waals surface area contributed by atoms with Gasteiger partial charge in [-0.3, -0.25) is 0 Å². The summed E-state index contributed by atoms with van der Waals surface area (Å²) in [7, 11) is 0. The molecule has 0 radical (unpaired) electrons. The number of carbonyl (C=O) groups is 1. The number of hydrogen-bond donors (Lipinski definition) is 4. The third-order valence-corrected chi connectivity index (χ3v) is 3.50. The van der Waals surface area contributed by atoms with E-state index in [0.717, 1.165) is 6.54 Å². The molecule has 8 heteroatoms. The van der Waals surface area contributed by atoms with Crippen LogP contribution in [0.4, 0.5) is 10.5 Å². The smallest absolute Gasteiger partial charge is 0.319 e. The van der Waals surface area contributed by atoms with Gasteiger partial charge in [-0.25, -0.2) is 4.79 Å². The number of anilines is 1. The van der Waals surface area contributed by atoms with Crippen LogP contribution in [0.25, 0.3) is 0 Å². The molecular formula is C12H16Cl3N3O2. The fourth-order valence-corrected chi connectivity index (χ4v) is 2.25. The van der Waals surface area contributed by atoms with E-state index in [9.17, 15) is 9.90 Å². The molecule has 1 aromatic carbocycles. The van der Waals surface area contributed by atoms with Crippen molar-refractivity contribution in [3.8, 4) is 0 Å². The third-order valence-electron chi connectivity index (χ3n) is 2.94. The Hall–Kier alpha value is -0.720. The van der Waals surface area contributed by atoms with E-state index >= 15 is 0 Å². The summed E-state index contributed by atoms with van der Waals surface area (Å²) in [5, 5.41) is 19.1. The van der Waals surface area contributed by atoms with Crippen molar-refractivity contribution in [1.29, 1.82) is 0 Å². The van der Waals surface area contributed by atoms with E-state index in [-0.39, 0.29) is 18.4 Å². The van der Waals surface area contributed by atoms with Crippen LogP contribution in [-0.2, 0) is 0 Å². The van der Waals surface area contributed by atoms with E-state index in [4.69, 9.17) is 23.2 Å². The SMILES string of the molecule is Cl.O=C(Nc1cc(Cl)ccc1Cl)N[C@@H]1CNCC[C@H]1O. The molecule has 0 unspecified atom stereocenters. The van der Waals surface area contributed by atoms with Crippen LogP contribution in [0.5, 0.6) is 0 Å². The van der Waals surface area contributed by atoms with Gasteiger partial charge in [0, 0.05) is 11.6 Å². The monoisotopic (exact) mass is 339 g/mol. The fraction of sp³-hybridized carbons (Fsp3) is 0.417. The standard InChI is InChI=1S/C12H15Cl2N3O2.ClH/c13-7-1-2-8(14)9(5-7)16-12(19)17-10-6-15-4-3-11(10)18;/h1-2,5,10-11,15,18H,3-4,6H2,(H2,16,17,19);1H/t10-,11-;/m1./s1. The molecule has 1 saturated heterocycles. The first-order chi connectivity index (χ1) is 9.06. The summed E-state index contributed by atoms with van der Waals surface area (Å²) in [6.45, 7) is 1.29. The molecule has 2 amide bonds. The fourth-order valence-electron chi connectivity index (χ4n) is 1.91. The van der Waals surface area contributed by atoms with Gasteiger partial charge in [0.25, 0.3) is 0 Å². The zero-order chi connectivity index (χ0) is 13.8. The van der Waals surface area contributed by atoms with Gasteiger partial charge >= 0.3 is 6.03 Å².